The molecule has 0 fully saturated rings. The minimum Gasteiger partial charge on any atom is -0.465 e. The minimum absolute atomic E-state index is 0.304. The predicted octanol–water partition coefficient (Wildman–Crippen LogP) is 5.57. The van der Waals surface area contributed by atoms with Gasteiger partial charge in [0, 0.05) is 22.3 Å². The molecular formula is C33H24ClN3O5S. The lowest BCUT2D eigenvalue weighted by Crippen LogP contribution is -2.40. The zero-order valence-electron chi connectivity index (χ0n) is 23.0. The van der Waals surface area contributed by atoms with Gasteiger partial charge in [-0.15, -0.1) is 0 Å². The lowest BCUT2D eigenvalue weighted by Gasteiger charge is -2.25. The molecule has 6 rings (SSSR count). The molecule has 5 aromatic rings. The van der Waals surface area contributed by atoms with Crippen LogP contribution >= 0.6 is 22.9 Å². The van der Waals surface area contributed by atoms with Gasteiger partial charge in [-0.3, -0.25) is 14.2 Å². The van der Waals surface area contributed by atoms with E-state index in [1.54, 1.807) is 78.2 Å². The van der Waals surface area contributed by atoms with E-state index in [2.05, 4.69) is 10.3 Å². The molecule has 1 aliphatic heterocycles. The van der Waals surface area contributed by atoms with Crippen LogP contribution in [-0.4, -0.2) is 23.6 Å². The third kappa shape index (κ3) is 5.60. The Kier molecular flexibility index (Phi) is 7.67. The fourth-order valence-electron chi connectivity index (χ4n) is 4.90. The topological polar surface area (TPSA) is 103 Å². The Morgan fingerprint density at radius 1 is 1.00 bits per heavy atom. The number of allylic oxidation sites excluding steroid dienone is 1. The second kappa shape index (κ2) is 11.7. The molecule has 0 saturated carbocycles. The summed E-state index contributed by atoms with van der Waals surface area (Å²) in [4.78, 5) is 44.5. The number of esters is 1. The number of carbonyl (C=O) groups excluding carboxylic acids is 2. The number of aromatic nitrogens is 1. The van der Waals surface area contributed by atoms with Gasteiger partial charge in [0.2, 0.25) is 0 Å². The lowest BCUT2D eigenvalue weighted by molar-refractivity contribution is -0.113. The molecule has 214 valence electrons. The highest BCUT2D eigenvalue weighted by molar-refractivity contribution is 7.07. The molecule has 43 heavy (non-hydrogen) atoms. The standard InChI is InChI=1S/C33H24ClN3O5S/c1-19-28(30(38)36-24-6-4-3-5-7-24)29(21-12-14-23(34)15-13-21)37-31(39)27(43-33(37)35-19)18-25-16-17-26(42-25)20-8-10-22(11-9-20)32(40)41-2/h3-18,29H,1-2H3,(H,36,38)/b27-18-. The molecule has 8 nitrogen and oxygen atoms in total. The fraction of sp³-hybridized carbons (Fsp3) is 0.0909. The van der Waals surface area contributed by atoms with Gasteiger partial charge in [-0.1, -0.05) is 65.4 Å². The number of thiazole rings is 1. The van der Waals surface area contributed by atoms with Crippen LogP contribution in [0.25, 0.3) is 17.4 Å². The van der Waals surface area contributed by atoms with Crippen LogP contribution in [0, 0.1) is 0 Å². The number of nitrogens with zero attached hydrogens (tertiary/aromatic N) is 2. The third-order valence-corrected chi connectivity index (χ3v) is 8.21. The van der Waals surface area contributed by atoms with E-state index in [0.717, 1.165) is 11.1 Å². The number of amides is 1. The van der Waals surface area contributed by atoms with E-state index in [1.165, 1.54) is 18.4 Å². The van der Waals surface area contributed by atoms with Crippen molar-refractivity contribution in [1.82, 2.24) is 4.57 Å². The number of fused-ring (bicyclic) bond motifs is 1. The predicted molar refractivity (Wildman–Crippen MR) is 166 cm³/mol. The van der Waals surface area contributed by atoms with Crippen molar-refractivity contribution >= 4 is 46.6 Å². The summed E-state index contributed by atoms with van der Waals surface area (Å²) in [5.74, 6) is 0.272. The second-order valence-corrected chi connectivity index (χ2v) is 11.2. The first-order chi connectivity index (χ1) is 20.8. The number of anilines is 1. The third-order valence-electron chi connectivity index (χ3n) is 6.97. The maximum absolute atomic E-state index is 13.9. The molecule has 0 bridgehead atoms. The van der Waals surface area contributed by atoms with E-state index in [4.69, 9.17) is 20.8 Å². The normalized spacial score (nSPS) is 14.7. The Morgan fingerprint density at radius 2 is 1.72 bits per heavy atom. The number of hydrogen-bond acceptors (Lipinski definition) is 7. The Labute approximate surface area is 254 Å². The molecule has 0 radical (unpaired) electrons. The molecule has 1 amide bonds. The van der Waals surface area contributed by atoms with Crippen molar-refractivity contribution in [3.63, 3.8) is 0 Å². The molecule has 3 aromatic carbocycles. The zero-order valence-corrected chi connectivity index (χ0v) is 24.6. The summed E-state index contributed by atoms with van der Waals surface area (Å²) in [5, 5.41) is 3.48. The van der Waals surface area contributed by atoms with Gasteiger partial charge in [-0.05, 0) is 61.0 Å². The van der Waals surface area contributed by atoms with Crippen molar-refractivity contribution in [2.75, 3.05) is 12.4 Å². The van der Waals surface area contributed by atoms with Gasteiger partial charge >= 0.3 is 5.97 Å². The monoisotopic (exact) mass is 609 g/mol. The number of ether oxygens (including phenoxy) is 1. The smallest absolute Gasteiger partial charge is 0.337 e. The van der Waals surface area contributed by atoms with Crippen LogP contribution in [0.3, 0.4) is 0 Å². The van der Waals surface area contributed by atoms with Gasteiger partial charge < -0.3 is 14.5 Å². The molecule has 2 aromatic heterocycles. The van der Waals surface area contributed by atoms with Gasteiger partial charge in [0.05, 0.1) is 34.5 Å². The summed E-state index contributed by atoms with van der Waals surface area (Å²) in [7, 11) is 1.33. The lowest BCUT2D eigenvalue weighted by atomic mass is 9.95. The van der Waals surface area contributed by atoms with Crippen LogP contribution in [0.1, 0.15) is 34.6 Å². The second-order valence-electron chi connectivity index (χ2n) is 9.72. The quantitative estimate of drug-likeness (QED) is 0.253. The number of rotatable bonds is 6. The van der Waals surface area contributed by atoms with Crippen molar-refractivity contribution < 1.29 is 18.7 Å². The first kappa shape index (κ1) is 28.1. The Hall–Kier alpha value is -4.99. The average Bonchev–Trinajstić information content (AvgIpc) is 3.61. The van der Waals surface area contributed by atoms with Gasteiger partial charge in [0.25, 0.3) is 11.5 Å². The number of hydrogen-bond donors (Lipinski definition) is 1. The van der Waals surface area contributed by atoms with Crippen LogP contribution in [0.4, 0.5) is 5.69 Å². The highest BCUT2D eigenvalue weighted by Gasteiger charge is 2.32. The van der Waals surface area contributed by atoms with E-state index in [-0.39, 0.29) is 11.5 Å². The highest BCUT2D eigenvalue weighted by Crippen LogP contribution is 2.31. The van der Waals surface area contributed by atoms with Gasteiger partial charge in [0.15, 0.2) is 4.80 Å². The average molecular weight is 610 g/mol. The molecule has 1 aliphatic rings. The zero-order chi connectivity index (χ0) is 30.1. The molecule has 1 N–H and O–H groups in total. The number of halogens is 1. The molecule has 1 atom stereocenters. The fourth-order valence-corrected chi connectivity index (χ4v) is 6.05. The van der Waals surface area contributed by atoms with E-state index in [0.29, 0.717) is 48.4 Å². The largest absolute Gasteiger partial charge is 0.465 e. The summed E-state index contributed by atoms with van der Waals surface area (Å²) in [6, 6.07) is 25.9. The van der Waals surface area contributed by atoms with E-state index >= 15 is 0 Å². The summed E-state index contributed by atoms with van der Waals surface area (Å²) < 4.78 is 12.7. The minimum atomic E-state index is -0.722. The van der Waals surface area contributed by atoms with Crippen LogP contribution in [0.15, 0.2) is 116 Å². The number of benzene rings is 3. The molecule has 3 heterocycles. The molecule has 0 spiro atoms. The first-order valence-electron chi connectivity index (χ1n) is 13.3. The Bertz CT molecular complexity index is 2060. The number of methoxy groups -OCH3 is 1. The van der Waals surface area contributed by atoms with Crippen LogP contribution in [0.2, 0.25) is 5.02 Å². The van der Waals surface area contributed by atoms with E-state index < -0.39 is 12.0 Å². The summed E-state index contributed by atoms with van der Waals surface area (Å²) in [6.07, 6.45) is 1.66. The van der Waals surface area contributed by atoms with Gasteiger partial charge in [-0.25, -0.2) is 9.79 Å². The maximum Gasteiger partial charge on any atom is 0.337 e. The number of para-hydroxylation sites is 1. The Morgan fingerprint density at radius 3 is 2.42 bits per heavy atom. The van der Waals surface area contributed by atoms with Crippen molar-refractivity contribution in [3.8, 4) is 11.3 Å². The van der Waals surface area contributed by atoms with Crippen LogP contribution in [0.5, 0.6) is 0 Å². The highest BCUT2D eigenvalue weighted by atomic mass is 35.5. The van der Waals surface area contributed by atoms with Gasteiger partial charge in [-0.2, -0.15) is 0 Å². The molecule has 10 heteroatoms. The van der Waals surface area contributed by atoms with Crippen molar-refractivity contribution in [2.24, 2.45) is 4.99 Å². The van der Waals surface area contributed by atoms with E-state index in [9.17, 15) is 14.4 Å². The summed E-state index contributed by atoms with van der Waals surface area (Å²) >= 11 is 7.39. The first-order valence-corrected chi connectivity index (χ1v) is 14.4. The van der Waals surface area contributed by atoms with Crippen molar-refractivity contribution in [2.45, 2.75) is 13.0 Å². The maximum atomic E-state index is 13.9. The van der Waals surface area contributed by atoms with Crippen LogP contribution < -0.4 is 20.2 Å². The molecular weight excluding hydrogens is 586 g/mol. The SMILES string of the molecule is COC(=O)c1ccc(-c2ccc(/C=c3\sc4n(c3=O)C(c3ccc(Cl)cc3)C(C(=O)Nc3ccccc3)=C(C)N=4)o2)cc1. The number of carbonyl (C=O) groups is 2. The number of nitrogens with one attached hydrogen (secondary N) is 1. The summed E-state index contributed by atoms with van der Waals surface area (Å²) in [5.41, 5.74) is 3.12. The molecule has 1 unspecified atom stereocenters. The van der Waals surface area contributed by atoms with Gasteiger partial charge in [0.1, 0.15) is 11.5 Å². The van der Waals surface area contributed by atoms with Crippen molar-refractivity contribution in [3.05, 3.63) is 144 Å². The van der Waals surface area contributed by atoms with Crippen LogP contribution in [-0.2, 0) is 9.53 Å². The summed E-state index contributed by atoms with van der Waals surface area (Å²) in [6.45, 7) is 1.77. The van der Waals surface area contributed by atoms with E-state index in [1.807, 2.05) is 30.3 Å². The number of furan rings is 1. The Balaban J connectivity index is 1.40. The molecule has 0 saturated heterocycles. The van der Waals surface area contributed by atoms with Crippen molar-refractivity contribution in [1.29, 1.82) is 0 Å². The molecule has 0 aliphatic carbocycles.